The van der Waals surface area contributed by atoms with Crippen molar-refractivity contribution in [2.24, 2.45) is 0 Å². The first-order valence-corrected chi connectivity index (χ1v) is 16.2. The number of hydrogen-bond acceptors (Lipinski definition) is 0. The molecule has 0 bridgehead atoms. The molecule has 0 amide bonds. The number of rotatable bonds is 10. The van der Waals surface area contributed by atoms with Gasteiger partial charge in [0.1, 0.15) is 0 Å². The first-order valence-electron chi connectivity index (χ1n) is 16.2. The molecule has 46 heavy (non-hydrogen) atoms. The van der Waals surface area contributed by atoms with E-state index in [0.717, 1.165) is 6.42 Å². The lowest BCUT2D eigenvalue weighted by atomic mass is 9.44. The molecule has 0 aliphatic rings. The zero-order valence-electron chi connectivity index (χ0n) is 26.0. The minimum absolute atomic E-state index is 0.0520. The summed E-state index contributed by atoms with van der Waals surface area (Å²) in [6.45, 7) is 0. The summed E-state index contributed by atoms with van der Waals surface area (Å²) in [4.78, 5) is 0. The van der Waals surface area contributed by atoms with Gasteiger partial charge in [-0.05, 0) is 45.4 Å². The fourth-order valence-corrected chi connectivity index (χ4v) is 7.94. The van der Waals surface area contributed by atoms with E-state index in [9.17, 15) is 0 Å². The van der Waals surface area contributed by atoms with E-state index < -0.39 is 10.8 Å². The highest BCUT2D eigenvalue weighted by molar-refractivity contribution is 5.62. The Hall–Kier alpha value is -5.46. The van der Waals surface area contributed by atoms with Gasteiger partial charge in [-0.2, -0.15) is 0 Å². The Kier molecular flexibility index (Phi) is 8.44. The van der Waals surface area contributed by atoms with Crippen LogP contribution in [0.4, 0.5) is 0 Å². The molecule has 0 fully saturated rings. The van der Waals surface area contributed by atoms with Crippen LogP contribution in [0.3, 0.4) is 0 Å². The smallest absolute Gasteiger partial charge is 0.0452 e. The van der Waals surface area contributed by atoms with Gasteiger partial charge in [-0.1, -0.05) is 212 Å². The van der Waals surface area contributed by atoms with Gasteiger partial charge in [-0.25, -0.2) is 0 Å². The van der Waals surface area contributed by atoms with Crippen molar-refractivity contribution in [3.63, 3.8) is 0 Å². The molecule has 7 rings (SSSR count). The summed E-state index contributed by atoms with van der Waals surface area (Å²) in [5.41, 5.74) is 7.82. The third kappa shape index (κ3) is 5.17. The Morgan fingerprint density at radius 3 is 0.935 bits per heavy atom. The van der Waals surface area contributed by atoms with E-state index in [2.05, 4.69) is 212 Å². The average Bonchev–Trinajstić information content (AvgIpc) is 3.15. The molecule has 0 saturated heterocycles. The standard InChI is InChI=1S/C46H38/c1-8-22-37(23-9-1)36-45(40-28-14-4-15-29-40,41-30-16-5-17-31-41)46(42-32-18-6-19-33-42,43-34-20-7-21-35-43)44(38-24-10-2-11-25-38)39-26-12-3-13-27-39/h1-35,44H,36H2. The molecule has 0 N–H and O–H groups in total. The van der Waals surface area contributed by atoms with Crippen LogP contribution in [0.25, 0.3) is 0 Å². The lowest BCUT2D eigenvalue weighted by Crippen LogP contribution is -2.56. The molecular weight excluding hydrogens is 553 g/mol. The normalized spacial score (nSPS) is 11.8. The summed E-state index contributed by atoms with van der Waals surface area (Å²) < 4.78 is 0. The van der Waals surface area contributed by atoms with E-state index >= 15 is 0 Å². The van der Waals surface area contributed by atoms with Crippen LogP contribution in [0.15, 0.2) is 212 Å². The van der Waals surface area contributed by atoms with E-state index in [0.29, 0.717) is 0 Å². The van der Waals surface area contributed by atoms with Gasteiger partial charge in [-0.3, -0.25) is 0 Å². The molecular formula is C46H38. The van der Waals surface area contributed by atoms with Gasteiger partial charge < -0.3 is 0 Å². The van der Waals surface area contributed by atoms with Crippen LogP contribution < -0.4 is 0 Å². The fourth-order valence-electron chi connectivity index (χ4n) is 7.94. The molecule has 0 spiro atoms. The van der Waals surface area contributed by atoms with Gasteiger partial charge >= 0.3 is 0 Å². The highest BCUT2D eigenvalue weighted by Crippen LogP contribution is 2.62. The SMILES string of the molecule is c1ccc(CC(c2ccccc2)(c2ccccc2)C(c2ccccc2)(c2ccccc2)C(c2ccccc2)c2ccccc2)cc1. The quantitative estimate of drug-likeness (QED) is 0.149. The summed E-state index contributed by atoms with van der Waals surface area (Å²) in [6, 6.07) is 78.4. The molecule has 0 aromatic heterocycles. The Morgan fingerprint density at radius 2 is 0.587 bits per heavy atom. The summed E-state index contributed by atoms with van der Waals surface area (Å²) >= 11 is 0. The van der Waals surface area contributed by atoms with Crippen LogP contribution in [-0.2, 0) is 17.3 Å². The van der Waals surface area contributed by atoms with Crippen LogP contribution in [0.2, 0.25) is 0 Å². The lowest BCUT2D eigenvalue weighted by Gasteiger charge is -2.57. The van der Waals surface area contributed by atoms with Crippen LogP contribution in [0.5, 0.6) is 0 Å². The van der Waals surface area contributed by atoms with E-state index in [4.69, 9.17) is 0 Å². The molecule has 7 aromatic rings. The Labute approximate surface area is 273 Å². The Bertz CT molecular complexity index is 1800. The van der Waals surface area contributed by atoms with Crippen molar-refractivity contribution in [2.45, 2.75) is 23.2 Å². The molecule has 0 atom stereocenters. The van der Waals surface area contributed by atoms with E-state index in [1.807, 2.05) is 0 Å². The van der Waals surface area contributed by atoms with Crippen molar-refractivity contribution >= 4 is 0 Å². The third-order valence-corrected chi connectivity index (χ3v) is 9.68. The minimum atomic E-state index is -0.614. The zero-order valence-corrected chi connectivity index (χ0v) is 26.0. The Morgan fingerprint density at radius 1 is 0.304 bits per heavy atom. The topological polar surface area (TPSA) is 0 Å². The first kappa shape index (κ1) is 29.3. The van der Waals surface area contributed by atoms with Crippen molar-refractivity contribution in [3.05, 3.63) is 251 Å². The van der Waals surface area contributed by atoms with E-state index in [-0.39, 0.29) is 5.92 Å². The predicted octanol–water partition coefficient (Wildman–Crippen LogP) is 11.0. The van der Waals surface area contributed by atoms with Crippen molar-refractivity contribution in [3.8, 4) is 0 Å². The van der Waals surface area contributed by atoms with Crippen LogP contribution in [0.1, 0.15) is 44.9 Å². The summed E-state index contributed by atoms with van der Waals surface area (Å²) in [5, 5.41) is 0. The molecule has 0 aliphatic carbocycles. The molecule has 0 aliphatic heterocycles. The Balaban J connectivity index is 1.76. The molecule has 7 aromatic carbocycles. The largest absolute Gasteiger partial charge is 0.0622 e. The van der Waals surface area contributed by atoms with Crippen molar-refractivity contribution in [1.29, 1.82) is 0 Å². The van der Waals surface area contributed by atoms with Gasteiger partial charge in [0.2, 0.25) is 0 Å². The average molecular weight is 591 g/mol. The summed E-state index contributed by atoms with van der Waals surface area (Å²) in [5.74, 6) is -0.0520. The second kappa shape index (κ2) is 13.3. The molecule has 0 heterocycles. The number of hydrogen-bond donors (Lipinski definition) is 0. The molecule has 0 saturated carbocycles. The second-order valence-corrected chi connectivity index (χ2v) is 12.1. The maximum Gasteiger partial charge on any atom is 0.0452 e. The van der Waals surface area contributed by atoms with Crippen molar-refractivity contribution in [2.75, 3.05) is 0 Å². The maximum absolute atomic E-state index is 2.36. The monoisotopic (exact) mass is 590 g/mol. The lowest BCUT2D eigenvalue weighted by molar-refractivity contribution is 0.271. The zero-order chi connectivity index (χ0) is 31.1. The first-order chi connectivity index (χ1) is 22.8. The third-order valence-electron chi connectivity index (χ3n) is 9.68. The van der Waals surface area contributed by atoms with E-state index in [1.54, 1.807) is 0 Å². The summed E-state index contributed by atoms with van der Waals surface area (Å²) in [6.07, 6.45) is 0.793. The molecule has 0 nitrogen and oxygen atoms in total. The maximum atomic E-state index is 2.36. The van der Waals surface area contributed by atoms with Gasteiger partial charge in [0, 0.05) is 16.7 Å². The molecule has 0 unspecified atom stereocenters. The van der Waals surface area contributed by atoms with Crippen LogP contribution in [-0.4, -0.2) is 0 Å². The van der Waals surface area contributed by atoms with Crippen LogP contribution >= 0.6 is 0 Å². The molecule has 0 radical (unpaired) electrons. The second-order valence-electron chi connectivity index (χ2n) is 12.1. The highest BCUT2D eigenvalue weighted by atomic mass is 14.6. The predicted molar refractivity (Wildman–Crippen MR) is 192 cm³/mol. The van der Waals surface area contributed by atoms with Crippen molar-refractivity contribution < 1.29 is 0 Å². The van der Waals surface area contributed by atoms with Crippen molar-refractivity contribution in [1.82, 2.24) is 0 Å². The van der Waals surface area contributed by atoms with Gasteiger partial charge in [0.25, 0.3) is 0 Å². The number of benzene rings is 7. The fraction of sp³-hybridized carbons (Fsp3) is 0.0870. The van der Waals surface area contributed by atoms with Gasteiger partial charge in [-0.15, -0.1) is 0 Å². The molecule has 222 valence electrons. The minimum Gasteiger partial charge on any atom is -0.0622 e. The van der Waals surface area contributed by atoms with Crippen LogP contribution in [0, 0.1) is 0 Å². The summed E-state index contributed by atoms with van der Waals surface area (Å²) in [7, 11) is 0. The van der Waals surface area contributed by atoms with Gasteiger partial charge in [0.15, 0.2) is 0 Å². The molecule has 0 heteroatoms. The van der Waals surface area contributed by atoms with E-state index in [1.165, 1.54) is 38.9 Å². The van der Waals surface area contributed by atoms with Gasteiger partial charge in [0.05, 0.1) is 0 Å². The highest BCUT2D eigenvalue weighted by Gasteiger charge is 2.60.